The summed E-state index contributed by atoms with van der Waals surface area (Å²) in [5.41, 5.74) is 8.64. The fourth-order valence-corrected chi connectivity index (χ4v) is 4.83. The van der Waals surface area contributed by atoms with E-state index in [9.17, 15) is 18.8 Å². The smallest absolute Gasteiger partial charge is 0.270 e. The Kier molecular flexibility index (Phi) is 7.86. The SMILES string of the molecule is C=CC(=O)N1CCCC1.CC1CN(C(=O)c2ccc[nH]2)Cc2c(C(N)=O)nn(Cc3ccc(F)cc3)c21. The molecule has 194 valence electrons. The van der Waals surface area contributed by atoms with Crippen LogP contribution in [0.15, 0.2) is 55.3 Å². The first-order chi connectivity index (χ1) is 17.8. The van der Waals surface area contributed by atoms with E-state index in [1.54, 1.807) is 40.0 Å². The molecule has 10 heteroatoms. The third-order valence-corrected chi connectivity index (χ3v) is 6.59. The van der Waals surface area contributed by atoms with Crippen molar-refractivity contribution in [2.75, 3.05) is 19.6 Å². The molecule has 2 aromatic heterocycles. The minimum atomic E-state index is -0.629. The topological polar surface area (TPSA) is 117 Å². The molecule has 9 nitrogen and oxygen atoms in total. The summed E-state index contributed by atoms with van der Waals surface area (Å²) in [6.07, 6.45) is 5.38. The second-order valence-corrected chi connectivity index (χ2v) is 9.27. The van der Waals surface area contributed by atoms with Crippen molar-refractivity contribution in [3.8, 4) is 0 Å². The number of rotatable bonds is 5. The van der Waals surface area contributed by atoms with Gasteiger partial charge in [0, 0.05) is 43.0 Å². The predicted octanol–water partition coefficient (Wildman–Crippen LogP) is 3.05. The van der Waals surface area contributed by atoms with Gasteiger partial charge in [-0.15, -0.1) is 0 Å². The van der Waals surface area contributed by atoms with Crippen molar-refractivity contribution in [3.05, 3.63) is 89.3 Å². The van der Waals surface area contributed by atoms with Gasteiger partial charge in [-0.1, -0.05) is 25.6 Å². The summed E-state index contributed by atoms with van der Waals surface area (Å²) in [6.45, 7) is 8.40. The number of H-pyrrole nitrogens is 1. The molecule has 3 N–H and O–H groups in total. The van der Waals surface area contributed by atoms with Crippen LogP contribution in [0.1, 0.15) is 63.5 Å². The number of benzene rings is 1. The number of hydrogen-bond donors (Lipinski definition) is 2. The first kappa shape index (κ1) is 25.9. The molecule has 1 atom stereocenters. The quantitative estimate of drug-likeness (QED) is 0.517. The lowest BCUT2D eigenvalue weighted by molar-refractivity contribution is -0.124. The van der Waals surface area contributed by atoms with Crippen LogP contribution >= 0.6 is 0 Å². The highest BCUT2D eigenvalue weighted by molar-refractivity contribution is 5.94. The summed E-state index contributed by atoms with van der Waals surface area (Å²) in [4.78, 5) is 42.0. The van der Waals surface area contributed by atoms with Crippen molar-refractivity contribution in [3.63, 3.8) is 0 Å². The van der Waals surface area contributed by atoms with Gasteiger partial charge in [-0.05, 0) is 48.7 Å². The lowest BCUT2D eigenvalue weighted by Crippen LogP contribution is -2.38. The number of nitrogens with zero attached hydrogens (tertiary/aromatic N) is 4. The number of likely N-dealkylation sites (tertiary alicyclic amines) is 1. The molecule has 0 saturated carbocycles. The molecule has 37 heavy (non-hydrogen) atoms. The molecule has 0 bridgehead atoms. The van der Waals surface area contributed by atoms with E-state index < -0.39 is 5.91 Å². The number of fused-ring (bicyclic) bond motifs is 1. The number of halogens is 1. The molecular formula is C27H31FN6O3. The second kappa shape index (κ2) is 11.2. The monoisotopic (exact) mass is 506 g/mol. The van der Waals surface area contributed by atoms with Crippen LogP contribution in [-0.2, 0) is 17.9 Å². The van der Waals surface area contributed by atoms with Gasteiger partial charge >= 0.3 is 0 Å². The molecule has 0 spiro atoms. The number of hydrogen-bond acceptors (Lipinski definition) is 4. The molecule has 1 saturated heterocycles. The van der Waals surface area contributed by atoms with Gasteiger partial charge in [-0.25, -0.2) is 4.39 Å². The van der Waals surface area contributed by atoms with E-state index in [0.29, 0.717) is 24.3 Å². The zero-order chi connectivity index (χ0) is 26.5. The van der Waals surface area contributed by atoms with E-state index in [1.807, 2.05) is 11.8 Å². The van der Waals surface area contributed by atoms with Gasteiger partial charge in [0.1, 0.15) is 11.5 Å². The zero-order valence-corrected chi connectivity index (χ0v) is 20.8. The summed E-state index contributed by atoms with van der Waals surface area (Å²) in [6, 6.07) is 9.63. The maximum Gasteiger partial charge on any atom is 0.270 e. The Morgan fingerprint density at radius 3 is 2.46 bits per heavy atom. The molecule has 1 aromatic carbocycles. The number of carbonyl (C=O) groups is 3. The maximum atomic E-state index is 13.2. The highest BCUT2D eigenvalue weighted by Gasteiger charge is 2.34. The lowest BCUT2D eigenvalue weighted by Gasteiger charge is -2.31. The number of aromatic nitrogens is 3. The predicted molar refractivity (Wildman–Crippen MR) is 136 cm³/mol. The van der Waals surface area contributed by atoms with E-state index in [0.717, 1.165) is 37.2 Å². The molecular weight excluding hydrogens is 475 g/mol. The van der Waals surface area contributed by atoms with Gasteiger partial charge in [0.05, 0.1) is 13.1 Å². The van der Waals surface area contributed by atoms with Gasteiger partial charge in [-0.3, -0.25) is 19.1 Å². The van der Waals surface area contributed by atoms with E-state index in [-0.39, 0.29) is 35.8 Å². The number of primary amides is 1. The Morgan fingerprint density at radius 1 is 1.16 bits per heavy atom. The van der Waals surface area contributed by atoms with Crippen molar-refractivity contribution >= 4 is 17.7 Å². The van der Waals surface area contributed by atoms with Crippen LogP contribution in [0.25, 0.3) is 0 Å². The third-order valence-electron chi connectivity index (χ3n) is 6.59. The zero-order valence-electron chi connectivity index (χ0n) is 20.8. The maximum absolute atomic E-state index is 13.2. The summed E-state index contributed by atoms with van der Waals surface area (Å²) in [7, 11) is 0. The fourth-order valence-electron chi connectivity index (χ4n) is 4.83. The number of aromatic amines is 1. The minimum absolute atomic E-state index is 0.0382. The minimum Gasteiger partial charge on any atom is -0.364 e. The highest BCUT2D eigenvalue weighted by atomic mass is 19.1. The number of carbonyl (C=O) groups excluding carboxylic acids is 3. The fraction of sp³-hybridized carbons (Fsp3) is 0.333. The Morgan fingerprint density at radius 2 is 1.86 bits per heavy atom. The largest absolute Gasteiger partial charge is 0.364 e. The Bertz CT molecular complexity index is 1280. The average Bonchev–Trinajstić information content (AvgIpc) is 3.66. The van der Waals surface area contributed by atoms with E-state index in [2.05, 4.69) is 16.7 Å². The van der Waals surface area contributed by atoms with Crippen molar-refractivity contribution in [2.45, 2.75) is 38.8 Å². The molecule has 4 heterocycles. The van der Waals surface area contributed by atoms with Gasteiger partial charge < -0.3 is 20.5 Å². The van der Waals surface area contributed by atoms with E-state index >= 15 is 0 Å². The van der Waals surface area contributed by atoms with Crippen LogP contribution in [-0.4, -0.2) is 61.9 Å². The molecule has 0 aliphatic carbocycles. The van der Waals surface area contributed by atoms with Crippen LogP contribution in [0.5, 0.6) is 0 Å². The van der Waals surface area contributed by atoms with Crippen molar-refractivity contribution < 1.29 is 18.8 Å². The number of nitrogens with one attached hydrogen (secondary N) is 1. The molecule has 1 fully saturated rings. The van der Waals surface area contributed by atoms with Gasteiger partial charge in [-0.2, -0.15) is 5.10 Å². The summed E-state index contributed by atoms with van der Waals surface area (Å²) in [5, 5.41) is 4.42. The molecule has 3 amide bonds. The molecule has 0 radical (unpaired) electrons. The van der Waals surface area contributed by atoms with Gasteiger partial charge in [0.2, 0.25) is 5.91 Å². The summed E-state index contributed by atoms with van der Waals surface area (Å²) in [5.74, 6) is -1.04. The highest BCUT2D eigenvalue weighted by Crippen LogP contribution is 2.31. The standard InChI is InChI=1S/C20H20FN5O2.C7H11NO/c1-12-9-25(20(28)16-3-2-8-23-16)11-15-17(19(22)27)24-26(18(12)15)10-13-4-6-14(21)7-5-13;1-2-7(9)8-5-3-4-6-8/h2-8,12,23H,9-11H2,1H3,(H2,22,27);2H,1,3-6H2. The number of amides is 3. The van der Waals surface area contributed by atoms with Gasteiger partial charge in [0.25, 0.3) is 11.8 Å². The summed E-state index contributed by atoms with van der Waals surface area (Å²) < 4.78 is 14.9. The molecule has 2 aliphatic heterocycles. The normalized spacial score (nSPS) is 16.5. The van der Waals surface area contributed by atoms with Crippen molar-refractivity contribution in [2.24, 2.45) is 5.73 Å². The summed E-state index contributed by atoms with van der Waals surface area (Å²) >= 11 is 0. The molecule has 2 aliphatic rings. The van der Waals surface area contributed by atoms with Gasteiger partial charge in [0.15, 0.2) is 5.69 Å². The average molecular weight is 507 g/mol. The van der Waals surface area contributed by atoms with Crippen molar-refractivity contribution in [1.82, 2.24) is 24.6 Å². The Balaban J connectivity index is 0.000000301. The van der Waals surface area contributed by atoms with E-state index in [1.165, 1.54) is 18.2 Å². The van der Waals surface area contributed by atoms with Crippen LogP contribution in [0.3, 0.4) is 0 Å². The van der Waals surface area contributed by atoms with Crippen LogP contribution < -0.4 is 5.73 Å². The first-order valence-corrected chi connectivity index (χ1v) is 12.3. The molecule has 5 rings (SSSR count). The van der Waals surface area contributed by atoms with Crippen LogP contribution in [0.4, 0.5) is 4.39 Å². The van der Waals surface area contributed by atoms with Crippen molar-refractivity contribution in [1.29, 1.82) is 0 Å². The van der Waals surface area contributed by atoms with Crippen LogP contribution in [0.2, 0.25) is 0 Å². The lowest BCUT2D eigenvalue weighted by atomic mass is 9.95. The number of nitrogens with two attached hydrogens (primary N) is 1. The Labute approximate surface area is 214 Å². The molecule has 1 unspecified atom stereocenters. The third kappa shape index (κ3) is 5.79. The Hall–Kier alpha value is -4.21. The molecule has 3 aromatic rings. The first-order valence-electron chi connectivity index (χ1n) is 12.3. The van der Waals surface area contributed by atoms with Crippen LogP contribution in [0, 0.1) is 5.82 Å². The van der Waals surface area contributed by atoms with E-state index in [4.69, 9.17) is 5.73 Å². The second-order valence-electron chi connectivity index (χ2n) is 9.27.